The van der Waals surface area contributed by atoms with Crippen LogP contribution >= 0.6 is 0 Å². The zero-order valence-corrected chi connectivity index (χ0v) is 31.9. The molecule has 5 rings (SSSR count). The van der Waals surface area contributed by atoms with Crippen LogP contribution in [0.15, 0.2) is 39.2 Å². The standard InChI is InChI=1S/C42H63N5O2/c1-40(2,3)32-23-29(15-12-19-46-21-14-22-47-20-13-18-43-39(46)47)37(48)30(24-32)27-44-35-16-10-11-17-36(35)45-28-31-25-33(41(4,5)6)26-34(38(31)49)42(7,8)9/h23-28,35-36,48-49H,10-22H2,1-9H3/b44-27+,45-28+/t35-,36?/m0/s1. The van der Waals surface area contributed by atoms with Crippen molar-refractivity contribution in [3.8, 4) is 11.5 Å². The first-order valence-corrected chi connectivity index (χ1v) is 18.9. The van der Waals surface area contributed by atoms with Crippen LogP contribution in [0.5, 0.6) is 11.5 Å². The normalized spacial score (nSPS) is 21.0. The summed E-state index contributed by atoms with van der Waals surface area (Å²) in [6, 6.07) is 8.62. The molecule has 2 heterocycles. The summed E-state index contributed by atoms with van der Waals surface area (Å²) in [4.78, 5) is 19.9. The van der Waals surface area contributed by atoms with E-state index >= 15 is 0 Å². The lowest BCUT2D eigenvalue weighted by atomic mass is 9.79. The molecule has 0 spiro atoms. The van der Waals surface area contributed by atoms with Crippen molar-refractivity contribution in [1.29, 1.82) is 0 Å². The number of aromatic hydroxyl groups is 2. The average Bonchev–Trinajstić information content (AvgIpc) is 3.03. The predicted octanol–water partition coefficient (Wildman–Crippen LogP) is 8.54. The van der Waals surface area contributed by atoms with Gasteiger partial charge in [0.2, 0.25) is 0 Å². The Labute approximate surface area is 296 Å². The van der Waals surface area contributed by atoms with Crippen LogP contribution in [0.4, 0.5) is 0 Å². The van der Waals surface area contributed by atoms with E-state index in [1.807, 2.05) is 12.4 Å². The number of nitrogens with zero attached hydrogens (tertiary/aromatic N) is 5. The molecule has 1 saturated carbocycles. The summed E-state index contributed by atoms with van der Waals surface area (Å²) in [5.41, 5.74) is 5.64. The number of rotatable bonds is 8. The number of hydrogen-bond donors (Lipinski definition) is 2. The first-order valence-electron chi connectivity index (χ1n) is 18.9. The predicted molar refractivity (Wildman–Crippen MR) is 207 cm³/mol. The van der Waals surface area contributed by atoms with Gasteiger partial charge < -0.3 is 20.0 Å². The van der Waals surface area contributed by atoms with Crippen molar-refractivity contribution >= 4 is 18.4 Å². The molecule has 1 unspecified atom stereocenters. The third-order valence-corrected chi connectivity index (χ3v) is 10.5. The Bertz CT molecular complexity index is 1550. The van der Waals surface area contributed by atoms with Crippen molar-refractivity contribution in [2.45, 2.75) is 142 Å². The van der Waals surface area contributed by atoms with E-state index in [0.717, 1.165) is 99.9 Å². The van der Waals surface area contributed by atoms with Gasteiger partial charge in [-0.1, -0.05) is 87.3 Å². The average molecular weight is 670 g/mol. The highest BCUT2D eigenvalue weighted by molar-refractivity contribution is 5.86. The fourth-order valence-corrected chi connectivity index (χ4v) is 7.37. The lowest BCUT2D eigenvalue weighted by Gasteiger charge is -2.41. The molecule has 7 nitrogen and oxygen atoms in total. The number of phenolic OH excluding ortho intramolecular Hbond substituents is 2. The van der Waals surface area contributed by atoms with Crippen LogP contribution in [0.25, 0.3) is 0 Å². The highest BCUT2D eigenvalue weighted by Gasteiger charge is 2.28. The Morgan fingerprint density at radius 1 is 0.714 bits per heavy atom. The van der Waals surface area contributed by atoms with Gasteiger partial charge in [0, 0.05) is 61.8 Å². The molecule has 2 N–H and O–H groups in total. The van der Waals surface area contributed by atoms with E-state index in [-0.39, 0.29) is 28.3 Å². The summed E-state index contributed by atoms with van der Waals surface area (Å²) < 4.78 is 0. The number of aliphatic imine (C=N–C) groups is 3. The lowest BCUT2D eigenvalue weighted by molar-refractivity contribution is 0.242. The highest BCUT2D eigenvalue weighted by atomic mass is 16.3. The molecule has 3 aliphatic rings. The van der Waals surface area contributed by atoms with Crippen LogP contribution in [-0.2, 0) is 22.7 Å². The Hall–Kier alpha value is -3.35. The third kappa shape index (κ3) is 9.07. The minimum Gasteiger partial charge on any atom is -0.507 e. The molecule has 0 radical (unpaired) electrons. The van der Waals surface area contributed by atoms with Gasteiger partial charge in [-0.3, -0.25) is 15.0 Å². The molecule has 2 atom stereocenters. The molecule has 268 valence electrons. The van der Waals surface area contributed by atoms with Gasteiger partial charge in [0.15, 0.2) is 5.96 Å². The Morgan fingerprint density at radius 2 is 1.29 bits per heavy atom. The maximum atomic E-state index is 11.6. The van der Waals surface area contributed by atoms with Gasteiger partial charge in [0.1, 0.15) is 11.5 Å². The number of fused-ring (bicyclic) bond motifs is 1. The van der Waals surface area contributed by atoms with E-state index in [2.05, 4.69) is 96.4 Å². The second kappa shape index (κ2) is 14.9. The second-order valence-corrected chi connectivity index (χ2v) is 17.7. The van der Waals surface area contributed by atoms with E-state index in [4.69, 9.17) is 15.0 Å². The number of aryl methyl sites for hydroxylation is 1. The number of benzene rings is 2. The van der Waals surface area contributed by atoms with Crippen molar-refractivity contribution in [3.05, 3.63) is 57.6 Å². The van der Waals surface area contributed by atoms with Crippen molar-refractivity contribution in [3.63, 3.8) is 0 Å². The molecule has 1 saturated heterocycles. The second-order valence-electron chi connectivity index (χ2n) is 17.7. The Kier molecular flexibility index (Phi) is 11.2. The van der Waals surface area contributed by atoms with Crippen LogP contribution in [0, 0.1) is 0 Å². The highest BCUT2D eigenvalue weighted by Crippen LogP contribution is 2.38. The molecule has 0 amide bonds. The summed E-state index contributed by atoms with van der Waals surface area (Å²) in [7, 11) is 0. The summed E-state index contributed by atoms with van der Waals surface area (Å²) in [6.45, 7) is 24.9. The summed E-state index contributed by atoms with van der Waals surface area (Å²) in [6.07, 6.45) is 12.0. The first kappa shape index (κ1) is 36.9. The minimum absolute atomic E-state index is 0.0273. The zero-order chi connectivity index (χ0) is 35.6. The summed E-state index contributed by atoms with van der Waals surface area (Å²) >= 11 is 0. The van der Waals surface area contributed by atoms with E-state index in [0.29, 0.717) is 11.5 Å². The molecular formula is C42H63N5O2. The molecular weight excluding hydrogens is 606 g/mol. The molecule has 1 aliphatic carbocycles. The molecule has 0 aromatic heterocycles. The van der Waals surface area contributed by atoms with Crippen LogP contribution in [0.1, 0.15) is 141 Å². The van der Waals surface area contributed by atoms with Crippen LogP contribution in [-0.4, -0.2) is 83.2 Å². The minimum atomic E-state index is -0.188. The quantitative estimate of drug-likeness (QED) is 0.276. The molecule has 2 aromatic carbocycles. The maximum Gasteiger partial charge on any atom is 0.196 e. The van der Waals surface area contributed by atoms with E-state index in [1.54, 1.807) is 0 Å². The van der Waals surface area contributed by atoms with Gasteiger partial charge in [-0.25, -0.2) is 0 Å². The lowest BCUT2D eigenvalue weighted by Crippen LogP contribution is -2.52. The SMILES string of the molecule is CC(C)(C)c1cc(/C=N/[C@H]2CCCCC2/N=C/c2cc(C(C)(C)C)cc(C(C)(C)C)c2O)c(O)c(CCCN2CCCN3CCCN=C32)c1. The summed E-state index contributed by atoms with van der Waals surface area (Å²) in [5.74, 6) is 1.84. The third-order valence-electron chi connectivity index (χ3n) is 10.5. The molecule has 7 heteroatoms. The van der Waals surface area contributed by atoms with Crippen molar-refractivity contribution in [1.82, 2.24) is 9.80 Å². The number of phenols is 2. The fourth-order valence-electron chi connectivity index (χ4n) is 7.37. The maximum absolute atomic E-state index is 11.6. The Morgan fingerprint density at radius 3 is 1.88 bits per heavy atom. The zero-order valence-electron chi connectivity index (χ0n) is 31.9. The smallest absolute Gasteiger partial charge is 0.196 e. The van der Waals surface area contributed by atoms with Crippen molar-refractivity contribution < 1.29 is 10.2 Å². The molecule has 2 aromatic rings. The van der Waals surface area contributed by atoms with Gasteiger partial charge >= 0.3 is 0 Å². The summed E-state index contributed by atoms with van der Waals surface area (Å²) in [5, 5.41) is 22.9. The monoisotopic (exact) mass is 669 g/mol. The van der Waals surface area contributed by atoms with E-state index in [9.17, 15) is 10.2 Å². The van der Waals surface area contributed by atoms with Gasteiger partial charge in [0.05, 0.1) is 12.1 Å². The first-order chi connectivity index (χ1) is 23.0. The number of hydrogen-bond acceptors (Lipinski definition) is 7. The van der Waals surface area contributed by atoms with Gasteiger partial charge in [-0.15, -0.1) is 0 Å². The van der Waals surface area contributed by atoms with Crippen molar-refractivity contribution in [2.75, 3.05) is 32.7 Å². The van der Waals surface area contributed by atoms with Crippen molar-refractivity contribution in [2.24, 2.45) is 15.0 Å². The van der Waals surface area contributed by atoms with Gasteiger partial charge in [0.25, 0.3) is 0 Å². The molecule has 0 bridgehead atoms. The van der Waals surface area contributed by atoms with Crippen LogP contribution in [0.3, 0.4) is 0 Å². The largest absolute Gasteiger partial charge is 0.507 e. The Balaban J connectivity index is 1.36. The fraction of sp³-hybridized carbons (Fsp3) is 0.643. The molecule has 2 aliphatic heterocycles. The topological polar surface area (TPSA) is 84.0 Å². The van der Waals surface area contributed by atoms with Gasteiger partial charge in [-0.2, -0.15) is 0 Å². The van der Waals surface area contributed by atoms with E-state index in [1.165, 1.54) is 23.5 Å². The van der Waals surface area contributed by atoms with E-state index < -0.39 is 0 Å². The van der Waals surface area contributed by atoms with Gasteiger partial charge in [-0.05, 0) is 83.6 Å². The van der Waals surface area contributed by atoms with Crippen LogP contribution < -0.4 is 0 Å². The number of guanidine groups is 1. The van der Waals surface area contributed by atoms with Crippen LogP contribution in [0.2, 0.25) is 0 Å². The molecule has 49 heavy (non-hydrogen) atoms. The molecule has 2 fully saturated rings.